The van der Waals surface area contributed by atoms with E-state index in [4.69, 9.17) is 20.9 Å². The molecule has 0 aliphatic carbocycles. The predicted molar refractivity (Wildman–Crippen MR) is 188 cm³/mol. The molecule has 4 aromatic rings. The van der Waals surface area contributed by atoms with Gasteiger partial charge in [0.15, 0.2) is 11.2 Å². The predicted octanol–water partition coefficient (Wildman–Crippen LogP) is 3.42. The van der Waals surface area contributed by atoms with Gasteiger partial charge in [-0.2, -0.15) is 4.98 Å². The van der Waals surface area contributed by atoms with Gasteiger partial charge in [0.2, 0.25) is 5.95 Å². The molecule has 0 radical (unpaired) electrons. The van der Waals surface area contributed by atoms with Crippen LogP contribution in [0.25, 0.3) is 22.1 Å². The van der Waals surface area contributed by atoms with Gasteiger partial charge in [-0.3, -0.25) is 28.1 Å². The molecule has 1 aliphatic heterocycles. The monoisotopic (exact) mass is 674 g/mol. The standard InChI is InChI=1S/C25H28N8O2.C10H18O4/c1-4-5-13-32-21-22(29-24(32)31-12-8-9-17(26)14-31)30(3)25(35)33(23(21)34)15-20-27-16(2)18-10-6-7-11-19(18)28-20;11-9(12)7-5-3-1-2-4-6-8-10(13)14/h6-7,10-11,17H,8-9,12-15,26H2,1-3H3;1-8H2,(H,11,12)(H,13,14)/t17-;/m1./s1. The van der Waals surface area contributed by atoms with E-state index < -0.39 is 23.2 Å². The molecule has 262 valence electrons. The fraction of sp³-hybridized carbons (Fsp3) is 0.514. The first-order chi connectivity index (χ1) is 23.5. The van der Waals surface area contributed by atoms with E-state index in [2.05, 4.69) is 26.7 Å². The molecule has 0 bridgehead atoms. The van der Waals surface area contributed by atoms with E-state index in [0.717, 1.165) is 74.5 Å². The summed E-state index contributed by atoms with van der Waals surface area (Å²) >= 11 is 0. The lowest BCUT2D eigenvalue weighted by atomic mass is 10.1. The van der Waals surface area contributed by atoms with E-state index in [0.29, 0.717) is 29.5 Å². The van der Waals surface area contributed by atoms with E-state index >= 15 is 0 Å². The minimum absolute atomic E-state index is 0.0306. The number of imidazole rings is 1. The number of aliphatic carboxylic acids is 2. The highest BCUT2D eigenvalue weighted by atomic mass is 16.4. The molecular weight excluding hydrogens is 628 g/mol. The lowest BCUT2D eigenvalue weighted by molar-refractivity contribution is -0.138. The number of nitrogens with zero attached hydrogens (tertiary/aromatic N) is 7. The minimum atomic E-state index is -0.740. The number of hydrogen-bond donors (Lipinski definition) is 3. The van der Waals surface area contributed by atoms with Gasteiger partial charge in [-0.1, -0.05) is 49.8 Å². The minimum Gasteiger partial charge on any atom is -0.481 e. The van der Waals surface area contributed by atoms with Crippen molar-refractivity contribution < 1.29 is 19.8 Å². The largest absolute Gasteiger partial charge is 0.481 e. The summed E-state index contributed by atoms with van der Waals surface area (Å²) < 4.78 is 4.39. The molecule has 5 rings (SSSR count). The summed E-state index contributed by atoms with van der Waals surface area (Å²) in [5, 5.41) is 17.6. The van der Waals surface area contributed by atoms with Crippen LogP contribution in [-0.4, -0.2) is 69.9 Å². The van der Waals surface area contributed by atoms with E-state index in [1.165, 1.54) is 9.13 Å². The number of anilines is 1. The van der Waals surface area contributed by atoms with Crippen LogP contribution in [-0.2, 0) is 29.7 Å². The summed E-state index contributed by atoms with van der Waals surface area (Å²) in [4.78, 5) is 63.3. The van der Waals surface area contributed by atoms with Crippen molar-refractivity contribution in [3.8, 4) is 11.8 Å². The Hall–Kier alpha value is -5.03. The van der Waals surface area contributed by atoms with Crippen LogP contribution in [0.5, 0.6) is 0 Å². The molecule has 49 heavy (non-hydrogen) atoms. The number of carboxylic acid groups (broad SMARTS) is 2. The molecule has 1 saturated heterocycles. The molecule has 3 aromatic heterocycles. The molecule has 4 heterocycles. The number of carbonyl (C=O) groups is 2. The quantitative estimate of drug-likeness (QED) is 0.139. The molecule has 0 spiro atoms. The number of piperidine rings is 1. The fourth-order valence-electron chi connectivity index (χ4n) is 6.01. The first-order valence-electron chi connectivity index (χ1n) is 16.8. The Balaban J connectivity index is 0.000000328. The Morgan fingerprint density at radius 1 is 0.959 bits per heavy atom. The van der Waals surface area contributed by atoms with Crippen LogP contribution in [0.15, 0.2) is 33.9 Å². The molecule has 14 heteroatoms. The number of unbranched alkanes of at least 4 members (excludes halogenated alkanes) is 5. The van der Waals surface area contributed by atoms with Gasteiger partial charge < -0.3 is 20.8 Å². The Morgan fingerprint density at radius 2 is 1.61 bits per heavy atom. The highest BCUT2D eigenvalue weighted by Gasteiger charge is 2.26. The maximum atomic E-state index is 13.7. The van der Waals surface area contributed by atoms with Crippen molar-refractivity contribution in [3.05, 3.63) is 56.6 Å². The number of rotatable bonds is 13. The lowest BCUT2D eigenvalue weighted by Gasteiger charge is -2.31. The molecule has 1 aromatic carbocycles. The second-order valence-electron chi connectivity index (χ2n) is 12.3. The maximum Gasteiger partial charge on any atom is 0.332 e. The van der Waals surface area contributed by atoms with Gasteiger partial charge in [0, 0.05) is 50.1 Å². The number of nitrogens with two attached hydrogens (primary N) is 1. The van der Waals surface area contributed by atoms with Crippen LogP contribution >= 0.6 is 0 Å². The van der Waals surface area contributed by atoms with Crippen LogP contribution in [0.3, 0.4) is 0 Å². The zero-order valence-electron chi connectivity index (χ0n) is 28.5. The topological polar surface area (TPSA) is 191 Å². The smallest absolute Gasteiger partial charge is 0.332 e. The third kappa shape index (κ3) is 9.54. The second-order valence-corrected chi connectivity index (χ2v) is 12.3. The van der Waals surface area contributed by atoms with E-state index in [1.807, 2.05) is 31.2 Å². The summed E-state index contributed by atoms with van der Waals surface area (Å²) in [6.07, 6.45) is 7.71. The van der Waals surface area contributed by atoms with Crippen molar-refractivity contribution in [3.63, 3.8) is 0 Å². The fourth-order valence-corrected chi connectivity index (χ4v) is 6.01. The second kappa shape index (κ2) is 17.4. The number of hydrogen-bond acceptors (Lipinski definition) is 9. The summed E-state index contributed by atoms with van der Waals surface area (Å²) in [5.74, 6) is 5.48. The highest BCUT2D eigenvalue weighted by Crippen LogP contribution is 2.23. The Bertz CT molecular complexity index is 1950. The summed E-state index contributed by atoms with van der Waals surface area (Å²) in [6, 6.07) is 7.71. The van der Waals surface area contributed by atoms with Crippen molar-refractivity contribution in [2.45, 2.75) is 97.2 Å². The molecule has 1 aliphatic rings. The van der Waals surface area contributed by atoms with Gasteiger partial charge in [0.05, 0.1) is 18.6 Å². The molecule has 0 saturated carbocycles. The number of aromatic nitrogens is 6. The van der Waals surface area contributed by atoms with Crippen LogP contribution in [0.2, 0.25) is 0 Å². The van der Waals surface area contributed by atoms with Crippen LogP contribution in [0.4, 0.5) is 5.95 Å². The van der Waals surface area contributed by atoms with Gasteiger partial charge in [0.25, 0.3) is 5.56 Å². The molecule has 1 fully saturated rings. The summed E-state index contributed by atoms with van der Waals surface area (Å²) in [6.45, 7) is 5.31. The van der Waals surface area contributed by atoms with E-state index in [-0.39, 0.29) is 32.0 Å². The van der Waals surface area contributed by atoms with Crippen LogP contribution in [0.1, 0.15) is 82.7 Å². The number of benzene rings is 1. The third-order valence-electron chi connectivity index (χ3n) is 8.54. The average molecular weight is 675 g/mol. The number of fused-ring (bicyclic) bond motifs is 2. The van der Waals surface area contributed by atoms with Crippen molar-refractivity contribution in [1.29, 1.82) is 0 Å². The van der Waals surface area contributed by atoms with Gasteiger partial charge in [-0.15, -0.1) is 5.92 Å². The van der Waals surface area contributed by atoms with Crippen molar-refractivity contribution >= 4 is 40.0 Å². The molecule has 4 N–H and O–H groups in total. The number of para-hydroxylation sites is 1. The highest BCUT2D eigenvalue weighted by molar-refractivity contribution is 5.80. The van der Waals surface area contributed by atoms with Crippen LogP contribution < -0.4 is 21.9 Å². The van der Waals surface area contributed by atoms with Crippen molar-refractivity contribution in [1.82, 2.24) is 28.7 Å². The SMILES string of the molecule is CC#CCn1c(N2CCC[C@@H](N)C2)nc2c1c(=O)n(Cc1nc(C)c3ccccc3n1)c(=O)n2C.O=C(O)CCCCCCCCC(=O)O. The number of aryl methyl sites for hydroxylation is 2. The lowest BCUT2D eigenvalue weighted by Crippen LogP contribution is -2.44. The number of carboxylic acids is 2. The molecule has 14 nitrogen and oxygen atoms in total. The van der Waals surface area contributed by atoms with Crippen LogP contribution in [0, 0.1) is 18.8 Å². The molecule has 1 atom stereocenters. The Kier molecular flexibility index (Phi) is 13.1. The molecule has 0 unspecified atom stereocenters. The summed E-state index contributed by atoms with van der Waals surface area (Å²) in [5.41, 5.74) is 7.54. The van der Waals surface area contributed by atoms with Gasteiger partial charge in [0.1, 0.15) is 5.82 Å². The van der Waals surface area contributed by atoms with E-state index in [9.17, 15) is 19.2 Å². The summed E-state index contributed by atoms with van der Waals surface area (Å²) in [7, 11) is 1.63. The normalized spacial score (nSPS) is 14.3. The van der Waals surface area contributed by atoms with E-state index in [1.54, 1.807) is 18.5 Å². The zero-order chi connectivity index (χ0) is 35.5. The Morgan fingerprint density at radius 3 is 2.24 bits per heavy atom. The molecule has 0 amide bonds. The van der Waals surface area contributed by atoms with Crippen molar-refractivity contribution in [2.75, 3.05) is 18.0 Å². The van der Waals surface area contributed by atoms with Gasteiger partial charge in [-0.05, 0) is 45.6 Å². The van der Waals surface area contributed by atoms with Gasteiger partial charge in [-0.25, -0.2) is 14.8 Å². The maximum absolute atomic E-state index is 13.7. The Labute approximate surface area is 284 Å². The first-order valence-corrected chi connectivity index (χ1v) is 16.8. The first kappa shape index (κ1) is 36.8. The van der Waals surface area contributed by atoms with Crippen molar-refractivity contribution in [2.24, 2.45) is 12.8 Å². The third-order valence-corrected chi connectivity index (χ3v) is 8.54. The molecular formula is C35H46N8O6. The van der Waals surface area contributed by atoms with Gasteiger partial charge >= 0.3 is 17.6 Å². The average Bonchev–Trinajstić information content (AvgIpc) is 3.46. The zero-order valence-corrected chi connectivity index (χ0v) is 28.5.